The Balaban J connectivity index is 1.96. The molecule has 4 unspecified atom stereocenters. The first-order chi connectivity index (χ1) is 4.45. The molecule has 0 spiro atoms. The van der Waals surface area contributed by atoms with E-state index in [-0.39, 0.29) is 0 Å². The van der Waals surface area contributed by atoms with E-state index in [1.54, 1.807) is 0 Å². The summed E-state index contributed by atoms with van der Waals surface area (Å²) in [6, 6.07) is 0. The molecule has 1 aliphatic heterocycles. The first-order valence-electron chi connectivity index (χ1n) is 4.07. The van der Waals surface area contributed by atoms with Crippen molar-refractivity contribution in [2.75, 3.05) is 6.61 Å². The maximum absolute atomic E-state index is 5.63. The second-order valence-electron chi connectivity index (χ2n) is 3.77. The molecule has 0 aromatic carbocycles. The molecule has 0 N–H and O–H groups in total. The van der Waals surface area contributed by atoms with Crippen LogP contribution in [-0.2, 0) is 4.74 Å². The average molecular weight is 124 g/mol. The normalized spacial score (nSPS) is 61.3. The Hall–Kier alpha value is -0.0400. The summed E-state index contributed by atoms with van der Waals surface area (Å²) in [6.45, 7) is 1.10. The zero-order chi connectivity index (χ0) is 5.84. The Morgan fingerprint density at radius 2 is 2.11 bits per heavy atom. The molecule has 50 valence electrons. The molecule has 9 heavy (non-hydrogen) atoms. The van der Waals surface area contributed by atoms with E-state index in [9.17, 15) is 0 Å². The largest absolute Gasteiger partial charge is 0.378 e. The number of rotatable bonds is 0. The standard InChI is InChI=1S/C8H12O/c1-2-8-6-3-5(1)7(6)4-9-8/h5-8H,1-4H2. The Morgan fingerprint density at radius 1 is 1.11 bits per heavy atom. The van der Waals surface area contributed by atoms with Gasteiger partial charge in [0.2, 0.25) is 0 Å². The van der Waals surface area contributed by atoms with Crippen molar-refractivity contribution in [2.45, 2.75) is 25.4 Å². The fraction of sp³-hybridized carbons (Fsp3) is 1.00. The predicted octanol–water partition coefficient (Wildman–Crippen LogP) is 1.43. The zero-order valence-corrected chi connectivity index (χ0v) is 5.55. The predicted molar refractivity (Wildman–Crippen MR) is 34.1 cm³/mol. The van der Waals surface area contributed by atoms with Gasteiger partial charge in [-0.2, -0.15) is 0 Å². The second-order valence-corrected chi connectivity index (χ2v) is 3.77. The smallest absolute Gasteiger partial charge is 0.0607 e. The van der Waals surface area contributed by atoms with Gasteiger partial charge < -0.3 is 4.74 Å². The van der Waals surface area contributed by atoms with Crippen LogP contribution in [0.15, 0.2) is 0 Å². The highest BCUT2D eigenvalue weighted by Crippen LogP contribution is 2.55. The van der Waals surface area contributed by atoms with E-state index in [2.05, 4.69) is 0 Å². The van der Waals surface area contributed by atoms with Gasteiger partial charge in [0.25, 0.3) is 0 Å². The monoisotopic (exact) mass is 124 g/mol. The molecular formula is C8H12O. The van der Waals surface area contributed by atoms with Crippen molar-refractivity contribution in [3.05, 3.63) is 0 Å². The Kier molecular flexibility index (Phi) is 0.704. The quantitative estimate of drug-likeness (QED) is 0.474. The van der Waals surface area contributed by atoms with Crippen LogP contribution in [0.5, 0.6) is 0 Å². The fourth-order valence-electron chi connectivity index (χ4n) is 2.91. The van der Waals surface area contributed by atoms with Gasteiger partial charge in [-0.3, -0.25) is 0 Å². The molecule has 4 rings (SSSR count). The summed E-state index contributed by atoms with van der Waals surface area (Å²) >= 11 is 0. The lowest BCUT2D eigenvalue weighted by molar-refractivity contribution is 0.0127. The van der Waals surface area contributed by atoms with Gasteiger partial charge in [0.15, 0.2) is 0 Å². The minimum absolute atomic E-state index is 0.694. The van der Waals surface area contributed by atoms with Crippen molar-refractivity contribution in [1.82, 2.24) is 0 Å². The summed E-state index contributed by atoms with van der Waals surface area (Å²) in [4.78, 5) is 0. The van der Waals surface area contributed by atoms with Gasteiger partial charge in [-0.05, 0) is 37.0 Å². The zero-order valence-electron chi connectivity index (χ0n) is 5.55. The van der Waals surface area contributed by atoms with Gasteiger partial charge in [-0.1, -0.05) is 0 Å². The van der Waals surface area contributed by atoms with E-state index >= 15 is 0 Å². The van der Waals surface area contributed by atoms with Gasteiger partial charge in [0.1, 0.15) is 0 Å². The molecule has 1 heterocycles. The highest BCUT2D eigenvalue weighted by atomic mass is 16.5. The Labute approximate surface area is 55.4 Å². The molecule has 3 aliphatic carbocycles. The van der Waals surface area contributed by atoms with Crippen molar-refractivity contribution in [3.8, 4) is 0 Å². The number of hydrogen-bond acceptors (Lipinski definition) is 1. The van der Waals surface area contributed by atoms with Gasteiger partial charge in [-0.15, -0.1) is 0 Å². The molecule has 1 heteroatoms. The Morgan fingerprint density at radius 3 is 2.78 bits per heavy atom. The second kappa shape index (κ2) is 1.34. The first kappa shape index (κ1) is 4.73. The van der Waals surface area contributed by atoms with Crippen LogP contribution >= 0.6 is 0 Å². The van der Waals surface area contributed by atoms with Gasteiger partial charge >= 0.3 is 0 Å². The third-order valence-corrected chi connectivity index (χ3v) is 3.53. The lowest BCUT2D eigenvalue weighted by Gasteiger charge is -2.46. The van der Waals surface area contributed by atoms with Crippen LogP contribution in [-0.4, -0.2) is 12.7 Å². The molecule has 4 aliphatic rings. The molecule has 0 amide bonds. The van der Waals surface area contributed by atoms with E-state index in [4.69, 9.17) is 4.74 Å². The molecule has 4 atom stereocenters. The molecule has 4 fully saturated rings. The van der Waals surface area contributed by atoms with Crippen molar-refractivity contribution in [2.24, 2.45) is 17.8 Å². The average Bonchev–Trinajstić information content (AvgIpc) is 2.06. The van der Waals surface area contributed by atoms with Gasteiger partial charge in [0, 0.05) is 0 Å². The lowest BCUT2D eigenvalue weighted by Crippen LogP contribution is -2.43. The van der Waals surface area contributed by atoms with Crippen LogP contribution in [0.2, 0.25) is 0 Å². The maximum atomic E-state index is 5.63. The SMILES string of the molecule is C1CC2OCC3C1CC23. The Bertz CT molecular complexity index is 125. The van der Waals surface area contributed by atoms with Crippen LogP contribution in [0.3, 0.4) is 0 Å². The number of hydrogen-bond donors (Lipinski definition) is 0. The van der Waals surface area contributed by atoms with E-state index in [1.807, 2.05) is 0 Å². The molecule has 4 bridgehead atoms. The van der Waals surface area contributed by atoms with Crippen LogP contribution < -0.4 is 0 Å². The van der Waals surface area contributed by atoms with Crippen LogP contribution in [0.25, 0.3) is 0 Å². The lowest BCUT2D eigenvalue weighted by atomic mass is 9.58. The van der Waals surface area contributed by atoms with E-state index in [1.165, 1.54) is 19.3 Å². The molecule has 1 nitrogen and oxygen atoms in total. The summed E-state index contributed by atoms with van der Waals surface area (Å²) in [7, 11) is 0. The number of fused-ring (bicyclic) bond motifs is 1. The molecule has 1 saturated heterocycles. The molecule has 0 radical (unpaired) electrons. The van der Waals surface area contributed by atoms with Gasteiger partial charge in [-0.25, -0.2) is 0 Å². The van der Waals surface area contributed by atoms with Crippen molar-refractivity contribution in [3.63, 3.8) is 0 Å². The van der Waals surface area contributed by atoms with Crippen molar-refractivity contribution < 1.29 is 4.74 Å². The minimum atomic E-state index is 0.694. The minimum Gasteiger partial charge on any atom is -0.378 e. The van der Waals surface area contributed by atoms with Crippen molar-refractivity contribution >= 4 is 0 Å². The van der Waals surface area contributed by atoms with Crippen molar-refractivity contribution in [1.29, 1.82) is 0 Å². The van der Waals surface area contributed by atoms with Crippen LogP contribution in [0.1, 0.15) is 19.3 Å². The van der Waals surface area contributed by atoms with Crippen LogP contribution in [0, 0.1) is 17.8 Å². The van der Waals surface area contributed by atoms with Gasteiger partial charge in [0.05, 0.1) is 12.7 Å². The summed E-state index contributed by atoms with van der Waals surface area (Å²) in [6.07, 6.45) is 5.02. The van der Waals surface area contributed by atoms with E-state index in [0.717, 1.165) is 24.4 Å². The summed E-state index contributed by atoms with van der Waals surface area (Å²) in [5, 5.41) is 0. The topological polar surface area (TPSA) is 9.23 Å². The summed E-state index contributed by atoms with van der Waals surface area (Å²) in [5.41, 5.74) is 0. The third kappa shape index (κ3) is 0.420. The fourth-order valence-corrected chi connectivity index (χ4v) is 2.91. The first-order valence-corrected chi connectivity index (χ1v) is 4.07. The van der Waals surface area contributed by atoms with E-state index < -0.39 is 0 Å². The molecule has 0 aromatic heterocycles. The highest BCUT2D eigenvalue weighted by molar-refractivity contribution is 5.01. The molecule has 0 aromatic rings. The molecule has 3 saturated carbocycles. The van der Waals surface area contributed by atoms with E-state index in [0.29, 0.717) is 6.10 Å². The third-order valence-electron chi connectivity index (χ3n) is 3.53. The summed E-state index contributed by atoms with van der Waals surface area (Å²) in [5.74, 6) is 3.08. The molecular weight excluding hydrogens is 112 g/mol. The van der Waals surface area contributed by atoms with Crippen LogP contribution in [0.4, 0.5) is 0 Å². The highest BCUT2D eigenvalue weighted by Gasteiger charge is 2.53. The summed E-state index contributed by atoms with van der Waals surface area (Å²) < 4.78 is 5.63. The maximum Gasteiger partial charge on any atom is 0.0607 e. The number of ether oxygens (including phenoxy) is 1.